The van der Waals surface area contributed by atoms with Crippen LogP contribution in [0, 0.1) is 6.92 Å². The molecule has 1 fully saturated rings. The fourth-order valence-electron chi connectivity index (χ4n) is 3.94. The van der Waals surface area contributed by atoms with Crippen LogP contribution in [0.1, 0.15) is 43.5 Å². The highest BCUT2D eigenvalue weighted by Gasteiger charge is 2.35. The van der Waals surface area contributed by atoms with Crippen LogP contribution in [0.25, 0.3) is 11.0 Å². The number of imidazole rings is 1. The van der Waals surface area contributed by atoms with Crippen molar-refractivity contribution in [1.82, 2.24) is 9.55 Å². The van der Waals surface area contributed by atoms with Gasteiger partial charge in [-0.25, -0.2) is 4.98 Å². The number of carbonyl (C=O) groups excluding carboxylic acids is 1. The quantitative estimate of drug-likeness (QED) is 0.600. The first-order chi connectivity index (χ1) is 13.1. The summed E-state index contributed by atoms with van der Waals surface area (Å²) >= 11 is 6.18. The molecular weight excluding hydrogens is 358 g/mol. The molecule has 1 amide bonds. The lowest BCUT2D eigenvalue weighted by atomic mass is 10.1. The van der Waals surface area contributed by atoms with E-state index in [1.807, 2.05) is 36.1 Å². The van der Waals surface area contributed by atoms with Gasteiger partial charge in [0.1, 0.15) is 5.82 Å². The number of aromatic nitrogens is 2. The molecule has 0 unspecified atom stereocenters. The highest BCUT2D eigenvalue weighted by atomic mass is 35.5. The third-order valence-corrected chi connectivity index (χ3v) is 5.61. The number of rotatable bonds is 5. The molecular formula is C22H24ClN3O. The molecule has 0 saturated carbocycles. The average Bonchev–Trinajstić information content (AvgIpc) is 3.22. The van der Waals surface area contributed by atoms with Crippen LogP contribution in [0.4, 0.5) is 5.69 Å². The Labute approximate surface area is 164 Å². The predicted molar refractivity (Wildman–Crippen MR) is 111 cm³/mol. The number of carbonyl (C=O) groups is 1. The molecule has 27 heavy (non-hydrogen) atoms. The van der Waals surface area contributed by atoms with Crippen LogP contribution < -0.4 is 4.90 Å². The molecule has 0 N–H and O–H groups in total. The second kappa shape index (κ2) is 7.35. The SMILES string of the molecule is CCCCn1c([C@H]2CC(=O)N(c3cc(Cl)ccc3C)C2)nc2ccccc21. The van der Waals surface area contributed by atoms with E-state index in [0.29, 0.717) is 18.0 Å². The van der Waals surface area contributed by atoms with Gasteiger partial charge >= 0.3 is 0 Å². The van der Waals surface area contributed by atoms with Gasteiger partial charge in [-0.05, 0) is 43.2 Å². The van der Waals surface area contributed by atoms with Gasteiger partial charge in [0.15, 0.2) is 0 Å². The molecule has 4 nitrogen and oxygen atoms in total. The van der Waals surface area contributed by atoms with Crippen molar-refractivity contribution in [1.29, 1.82) is 0 Å². The van der Waals surface area contributed by atoms with Crippen LogP contribution >= 0.6 is 11.6 Å². The number of unbranched alkanes of at least 4 members (excludes halogenated alkanes) is 1. The van der Waals surface area contributed by atoms with Crippen molar-refractivity contribution >= 4 is 34.2 Å². The number of para-hydroxylation sites is 2. The number of amides is 1. The van der Waals surface area contributed by atoms with Gasteiger partial charge in [-0.15, -0.1) is 0 Å². The normalized spacial score (nSPS) is 17.2. The first-order valence-electron chi connectivity index (χ1n) is 9.60. The van der Waals surface area contributed by atoms with Gasteiger partial charge in [-0.2, -0.15) is 0 Å². The summed E-state index contributed by atoms with van der Waals surface area (Å²) in [5.41, 5.74) is 4.14. The fraction of sp³-hybridized carbons (Fsp3) is 0.364. The molecule has 1 saturated heterocycles. The minimum atomic E-state index is 0.0973. The van der Waals surface area contributed by atoms with E-state index in [4.69, 9.17) is 16.6 Å². The van der Waals surface area contributed by atoms with Crippen molar-refractivity contribution in [3.63, 3.8) is 0 Å². The molecule has 140 valence electrons. The number of hydrogen-bond acceptors (Lipinski definition) is 2. The van der Waals surface area contributed by atoms with Crippen molar-refractivity contribution in [2.45, 2.75) is 45.6 Å². The van der Waals surface area contributed by atoms with E-state index in [0.717, 1.165) is 47.5 Å². The van der Waals surface area contributed by atoms with E-state index < -0.39 is 0 Å². The number of nitrogens with zero attached hydrogens (tertiary/aromatic N) is 3. The molecule has 4 rings (SSSR count). The molecule has 3 aromatic rings. The molecule has 0 spiro atoms. The number of aryl methyl sites for hydroxylation is 2. The molecule has 0 radical (unpaired) electrons. The molecule has 1 aliphatic rings. The van der Waals surface area contributed by atoms with Crippen LogP contribution in [0.15, 0.2) is 42.5 Å². The summed E-state index contributed by atoms with van der Waals surface area (Å²) in [6.45, 7) is 5.80. The van der Waals surface area contributed by atoms with Crippen molar-refractivity contribution in [3.8, 4) is 0 Å². The van der Waals surface area contributed by atoms with Crippen LogP contribution in [0.3, 0.4) is 0 Å². The second-order valence-electron chi connectivity index (χ2n) is 7.30. The number of benzene rings is 2. The van der Waals surface area contributed by atoms with E-state index >= 15 is 0 Å². The van der Waals surface area contributed by atoms with Gasteiger partial charge < -0.3 is 9.47 Å². The largest absolute Gasteiger partial charge is 0.328 e. The zero-order valence-electron chi connectivity index (χ0n) is 15.8. The summed E-state index contributed by atoms with van der Waals surface area (Å²) in [5.74, 6) is 1.26. The average molecular weight is 382 g/mol. The van der Waals surface area contributed by atoms with Crippen molar-refractivity contribution in [2.24, 2.45) is 0 Å². The van der Waals surface area contributed by atoms with E-state index in [2.05, 4.69) is 29.7 Å². The van der Waals surface area contributed by atoms with Crippen LogP contribution in [0.2, 0.25) is 5.02 Å². The number of halogens is 1. The first kappa shape index (κ1) is 18.1. The van der Waals surface area contributed by atoms with E-state index in [1.54, 1.807) is 0 Å². The third kappa shape index (κ3) is 3.34. The Hall–Kier alpha value is -2.33. The predicted octanol–water partition coefficient (Wildman–Crippen LogP) is 5.32. The number of hydrogen-bond donors (Lipinski definition) is 0. The lowest BCUT2D eigenvalue weighted by Gasteiger charge is -2.20. The lowest BCUT2D eigenvalue weighted by Crippen LogP contribution is -2.25. The summed E-state index contributed by atoms with van der Waals surface area (Å²) in [6.07, 6.45) is 2.72. The smallest absolute Gasteiger partial charge is 0.227 e. The maximum absolute atomic E-state index is 12.8. The van der Waals surface area contributed by atoms with E-state index in [-0.39, 0.29) is 11.8 Å². The van der Waals surface area contributed by atoms with Gasteiger partial charge in [0.05, 0.1) is 11.0 Å². The Morgan fingerprint density at radius 1 is 1.22 bits per heavy atom. The van der Waals surface area contributed by atoms with Gasteiger partial charge in [-0.1, -0.05) is 43.1 Å². The topological polar surface area (TPSA) is 38.1 Å². The fourth-order valence-corrected chi connectivity index (χ4v) is 4.11. The Morgan fingerprint density at radius 2 is 2.04 bits per heavy atom. The molecule has 2 heterocycles. The summed E-state index contributed by atoms with van der Waals surface area (Å²) < 4.78 is 2.31. The Bertz CT molecular complexity index is 994. The molecule has 0 bridgehead atoms. The summed E-state index contributed by atoms with van der Waals surface area (Å²) in [7, 11) is 0. The highest BCUT2D eigenvalue weighted by molar-refractivity contribution is 6.31. The Kier molecular flexibility index (Phi) is 4.92. The molecule has 1 aromatic heterocycles. The molecule has 2 aromatic carbocycles. The summed E-state index contributed by atoms with van der Waals surface area (Å²) in [5, 5.41) is 0.655. The lowest BCUT2D eigenvalue weighted by molar-refractivity contribution is -0.117. The molecule has 0 aliphatic carbocycles. The molecule has 5 heteroatoms. The summed E-state index contributed by atoms with van der Waals surface area (Å²) in [4.78, 5) is 19.6. The minimum absolute atomic E-state index is 0.0973. The third-order valence-electron chi connectivity index (χ3n) is 5.37. The zero-order valence-corrected chi connectivity index (χ0v) is 16.5. The number of fused-ring (bicyclic) bond motifs is 1. The Balaban J connectivity index is 1.70. The Morgan fingerprint density at radius 3 is 2.85 bits per heavy atom. The van der Waals surface area contributed by atoms with Gasteiger partial charge in [0.25, 0.3) is 0 Å². The van der Waals surface area contributed by atoms with Crippen LogP contribution in [-0.4, -0.2) is 22.0 Å². The summed E-state index contributed by atoms with van der Waals surface area (Å²) in [6, 6.07) is 14.0. The van der Waals surface area contributed by atoms with Crippen LogP contribution in [0.5, 0.6) is 0 Å². The van der Waals surface area contributed by atoms with E-state index in [9.17, 15) is 4.79 Å². The van der Waals surface area contributed by atoms with E-state index in [1.165, 1.54) is 0 Å². The van der Waals surface area contributed by atoms with Crippen LogP contribution in [-0.2, 0) is 11.3 Å². The number of anilines is 1. The standard InChI is InChI=1S/C22H24ClN3O/c1-3-4-11-25-19-8-6-5-7-18(19)24-22(25)16-12-21(27)26(14-16)20-13-17(23)10-9-15(20)2/h5-10,13,16H,3-4,11-12,14H2,1-2H3/t16-/m0/s1. The maximum atomic E-state index is 12.8. The van der Waals surface area contributed by atoms with Crippen molar-refractivity contribution < 1.29 is 4.79 Å². The highest BCUT2D eigenvalue weighted by Crippen LogP contribution is 2.35. The molecule has 1 aliphatic heterocycles. The van der Waals surface area contributed by atoms with Gasteiger partial charge in [-0.3, -0.25) is 4.79 Å². The van der Waals surface area contributed by atoms with Gasteiger partial charge in [0, 0.05) is 36.1 Å². The monoisotopic (exact) mass is 381 g/mol. The first-order valence-corrected chi connectivity index (χ1v) is 9.98. The van der Waals surface area contributed by atoms with Gasteiger partial charge in [0.2, 0.25) is 5.91 Å². The zero-order chi connectivity index (χ0) is 19.0. The molecule has 1 atom stereocenters. The maximum Gasteiger partial charge on any atom is 0.227 e. The minimum Gasteiger partial charge on any atom is -0.328 e. The second-order valence-corrected chi connectivity index (χ2v) is 7.74. The van der Waals surface area contributed by atoms with Crippen molar-refractivity contribution in [2.75, 3.05) is 11.4 Å². The van der Waals surface area contributed by atoms with Crippen molar-refractivity contribution in [3.05, 3.63) is 58.9 Å².